The van der Waals surface area contributed by atoms with Crippen molar-refractivity contribution in [2.24, 2.45) is 0 Å². The molecule has 0 spiro atoms. The first kappa shape index (κ1) is 8.64. The Hall–Kier alpha value is -1.45. The van der Waals surface area contributed by atoms with E-state index in [-0.39, 0.29) is 0 Å². The highest BCUT2D eigenvalue weighted by Gasteiger charge is 2.02. The molecule has 0 aromatic carbocycles. The van der Waals surface area contributed by atoms with Gasteiger partial charge >= 0.3 is 0 Å². The molecule has 0 aliphatic rings. The van der Waals surface area contributed by atoms with Crippen LogP contribution in [0.15, 0.2) is 18.5 Å². The second-order valence-electron chi connectivity index (χ2n) is 2.37. The molecule has 0 fully saturated rings. The Balaban J connectivity index is 2.75. The quantitative estimate of drug-likeness (QED) is 0.723. The lowest BCUT2D eigenvalue weighted by Gasteiger charge is -2.04. The van der Waals surface area contributed by atoms with Gasteiger partial charge in [0.05, 0.1) is 11.9 Å². The fourth-order valence-electron chi connectivity index (χ4n) is 0.778. The van der Waals surface area contributed by atoms with Crippen LogP contribution >= 0.6 is 0 Å². The van der Waals surface area contributed by atoms with Gasteiger partial charge in [0.1, 0.15) is 0 Å². The van der Waals surface area contributed by atoms with E-state index in [1.165, 1.54) is 6.20 Å². The highest BCUT2D eigenvalue weighted by atomic mass is 19.1. The number of pyridine rings is 1. The van der Waals surface area contributed by atoms with Crippen LogP contribution in [0, 0.1) is 6.92 Å². The summed E-state index contributed by atoms with van der Waals surface area (Å²) in [7, 11) is 0. The van der Waals surface area contributed by atoms with Gasteiger partial charge in [0.2, 0.25) is 0 Å². The summed E-state index contributed by atoms with van der Waals surface area (Å²) in [6, 6.07) is 1.74. The van der Waals surface area contributed by atoms with E-state index in [0.717, 1.165) is 5.56 Å². The summed E-state index contributed by atoms with van der Waals surface area (Å²) in [4.78, 5) is 14.4. The van der Waals surface area contributed by atoms with Gasteiger partial charge in [0, 0.05) is 6.20 Å². The second-order valence-corrected chi connectivity index (χ2v) is 2.37. The van der Waals surface area contributed by atoms with E-state index in [9.17, 15) is 9.18 Å². The van der Waals surface area contributed by atoms with E-state index in [2.05, 4.69) is 10.3 Å². The van der Waals surface area contributed by atoms with Gasteiger partial charge in [-0.2, -0.15) is 0 Å². The SMILES string of the molecule is Cc1ccncc1NC(=O)CF. The van der Waals surface area contributed by atoms with Gasteiger partial charge in [-0.15, -0.1) is 0 Å². The Morgan fingerprint density at radius 1 is 1.75 bits per heavy atom. The maximum Gasteiger partial charge on any atom is 0.255 e. The van der Waals surface area contributed by atoms with E-state index in [1.54, 1.807) is 12.3 Å². The largest absolute Gasteiger partial charge is 0.322 e. The molecule has 1 heterocycles. The van der Waals surface area contributed by atoms with Crippen LogP contribution in [0.2, 0.25) is 0 Å². The van der Waals surface area contributed by atoms with Crippen molar-refractivity contribution < 1.29 is 9.18 Å². The molecule has 0 aliphatic heterocycles. The summed E-state index contributed by atoms with van der Waals surface area (Å²) in [5.74, 6) is -0.647. The lowest BCUT2D eigenvalue weighted by Crippen LogP contribution is -2.13. The number of amides is 1. The molecule has 1 amide bonds. The molecule has 1 aromatic heterocycles. The Labute approximate surface area is 69.6 Å². The summed E-state index contributed by atoms with van der Waals surface area (Å²) in [5.41, 5.74) is 1.42. The fraction of sp³-hybridized carbons (Fsp3) is 0.250. The van der Waals surface area contributed by atoms with E-state index in [4.69, 9.17) is 0 Å². The van der Waals surface area contributed by atoms with Crippen LogP contribution in [0.5, 0.6) is 0 Å². The molecule has 1 rings (SSSR count). The first-order valence-electron chi connectivity index (χ1n) is 3.50. The Kier molecular flexibility index (Phi) is 2.74. The second kappa shape index (κ2) is 3.80. The van der Waals surface area contributed by atoms with E-state index < -0.39 is 12.6 Å². The van der Waals surface area contributed by atoms with E-state index in [1.807, 2.05) is 6.92 Å². The molecular formula is C8H9FN2O. The molecule has 0 saturated heterocycles. The minimum Gasteiger partial charge on any atom is -0.322 e. The third kappa shape index (κ3) is 2.02. The number of nitrogens with one attached hydrogen (secondary N) is 1. The first-order valence-corrected chi connectivity index (χ1v) is 3.50. The van der Waals surface area contributed by atoms with Crippen molar-refractivity contribution in [1.82, 2.24) is 4.98 Å². The molecule has 0 atom stereocenters. The zero-order chi connectivity index (χ0) is 8.97. The van der Waals surface area contributed by atoms with Crippen LogP contribution in [0.25, 0.3) is 0 Å². The molecule has 1 aromatic rings. The topological polar surface area (TPSA) is 42.0 Å². The molecule has 0 unspecified atom stereocenters. The van der Waals surface area contributed by atoms with Crippen molar-refractivity contribution in [3.05, 3.63) is 24.0 Å². The number of aromatic nitrogens is 1. The van der Waals surface area contributed by atoms with Crippen molar-refractivity contribution in [3.63, 3.8) is 0 Å². The summed E-state index contributed by atoms with van der Waals surface area (Å²) in [6.07, 6.45) is 3.10. The van der Waals surface area contributed by atoms with Crippen molar-refractivity contribution in [2.75, 3.05) is 12.0 Å². The Morgan fingerprint density at radius 2 is 2.50 bits per heavy atom. The molecule has 0 radical (unpaired) electrons. The monoisotopic (exact) mass is 168 g/mol. The third-order valence-corrected chi connectivity index (χ3v) is 1.43. The molecular weight excluding hydrogens is 159 g/mol. The summed E-state index contributed by atoms with van der Waals surface area (Å²) in [6.45, 7) is 0.809. The highest BCUT2D eigenvalue weighted by Crippen LogP contribution is 2.10. The fourth-order valence-corrected chi connectivity index (χ4v) is 0.778. The number of hydrogen-bond acceptors (Lipinski definition) is 2. The lowest BCUT2D eigenvalue weighted by atomic mass is 10.2. The first-order chi connectivity index (χ1) is 5.74. The maximum atomic E-state index is 11.8. The van der Waals surface area contributed by atoms with Crippen molar-refractivity contribution in [2.45, 2.75) is 6.92 Å². The normalized spacial score (nSPS) is 9.50. The lowest BCUT2D eigenvalue weighted by molar-refractivity contribution is -0.117. The van der Waals surface area contributed by atoms with Crippen LogP contribution in [0.3, 0.4) is 0 Å². The average molecular weight is 168 g/mol. The summed E-state index contributed by atoms with van der Waals surface area (Å²) >= 11 is 0. The van der Waals surface area contributed by atoms with Crippen LogP contribution < -0.4 is 5.32 Å². The van der Waals surface area contributed by atoms with Gasteiger partial charge in [-0.1, -0.05) is 0 Å². The molecule has 0 saturated carbocycles. The van der Waals surface area contributed by atoms with Gasteiger partial charge in [-0.3, -0.25) is 9.78 Å². The average Bonchev–Trinajstić information content (AvgIpc) is 2.09. The standard InChI is InChI=1S/C8H9FN2O/c1-6-2-3-10-5-7(6)11-8(12)4-9/h2-3,5H,4H2,1H3,(H,11,12). The zero-order valence-electron chi connectivity index (χ0n) is 6.67. The van der Waals surface area contributed by atoms with Crippen molar-refractivity contribution >= 4 is 11.6 Å². The van der Waals surface area contributed by atoms with Crippen LogP contribution in [0.4, 0.5) is 10.1 Å². The number of halogens is 1. The van der Waals surface area contributed by atoms with Crippen molar-refractivity contribution in [3.8, 4) is 0 Å². The number of carbonyl (C=O) groups excluding carboxylic acids is 1. The Morgan fingerprint density at radius 3 is 3.08 bits per heavy atom. The number of alkyl halides is 1. The maximum absolute atomic E-state index is 11.8. The van der Waals surface area contributed by atoms with Crippen LogP contribution in [0.1, 0.15) is 5.56 Å². The minimum absolute atomic E-state index is 0.556. The number of anilines is 1. The molecule has 3 nitrogen and oxygen atoms in total. The molecule has 12 heavy (non-hydrogen) atoms. The van der Waals surface area contributed by atoms with Crippen LogP contribution in [-0.2, 0) is 4.79 Å². The molecule has 0 aliphatic carbocycles. The Bertz CT molecular complexity index is 288. The van der Waals surface area contributed by atoms with Gasteiger partial charge in [0.25, 0.3) is 5.91 Å². The number of rotatable bonds is 2. The van der Waals surface area contributed by atoms with Gasteiger partial charge in [0.15, 0.2) is 6.67 Å². The van der Waals surface area contributed by atoms with E-state index >= 15 is 0 Å². The minimum atomic E-state index is -1.01. The zero-order valence-corrected chi connectivity index (χ0v) is 6.67. The predicted molar refractivity (Wildman–Crippen MR) is 43.6 cm³/mol. The third-order valence-electron chi connectivity index (χ3n) is 1.43. The highest BCUT2D eigenvalue weighted by molar-refractivity contribution is 5.92. The number of hydrogen-bond donors (Lipinski definition) is 1. The van der Waals surface area contributed by atoms with Crippen LogP contribution in [-0.4, -0.2) is 17.6 Å². The van der Waals surface area contributed by atoms with Gasteiger partial charge < -0.3 is 5.32 Å². The predicted octanol–water partition coefficient (Wildman–Crippen LogP) is 1.30. The molecule has 0 bridgehead atoms. The van der Waals surface area contributed by atoms with Gasteiger partial charge in [-0.05, 0) is 18.6 Å². The molecule has 4 heteroatoms. The molecule has 1 N–H and O–H groups in total. The van der Waals surface area contributed by atoms with Gasteiger partial charge in [-0.25, -0.2) is 4.39 Å². The van der Waals surface area contributed by atoms with Crippen molar-refractivity contribution in [1.29, 1.82) is 0 Å². The summed E-state index contributed by atoms with van der Waals surface area (Å²) in [5, 5.41) is 2.38. The summed E-state index contributed by atoms with van der Waals surface area (Å²) < 4.78 is 11.8. The number of aryl methyl sites for hydroxylation is 1. The number of carbonyl (C=O) groups is 1. The smallest absolute Gasteiger partial charge is 0.255 e. The van der Waals surface area contributed by atoms with E-state index in [0.29, 0.717) is 5.69 Å². The molecule has 64 valence electrons. The number of nitrogens with zero attached hydrogens (tertiary/aromatic N) is 1.